The molecule has 0 unspecified atom stereocenters. The van der Waals surface area contributed by atoms with Gasteiger partial charge in [-0.2, -0.15) is 0 Å². The molecule has 0 aliphatic carbocycles. The molecule has 34 heavy (non-hydrogen) atoms. The summed E-state index contributed by atoms with van der Waals surface area (Å²) < 4.78 is 0. The molecule has 0 aromatic carbocycles. The van der Waals surface area contributed by atoms with Gasteiger partial charge in [-0.3, -0.25) is 19.7 Å². The van der Waals surface area contributed by atoms with E-state index in [1.165, 1.54) is 4.90 Å². The summed E-state index contributed by atoms with van der Waals surface area (Å²) in [6.07, 6.45) is 7.14. The van der Waals surface area contributed by atoms with Crippen molar-refractivity contribution in [2.75, 3.05) is 7.05 Å². The SMILES string of the molecule is CC#Cc1cncc(-c2cc([C@@]3(C)N=C(N)N(C)C(=O)[C@@H]3C)sc2-c2cncc(C#CC)c2)c1. The molecular weight excluding hydrogens is 442 g/mol. The number of aromatic nitrogens is 2. The summed E-state index contributed by atoms with van der Waals surface area (Å²) >= 11 is 1.58. The zero-order valence-corrected chi connectivity index (χ0v) is 20.6. The maximum atomic E-state index is 12.9. The van der Waals surface area contributed by atoms with Crippen LogP contribution in [0.3, 0.4) is 0 Å². The van der Waals surface area contributed by atoms with Crippen LogP contribution < -0.4 is 5.73 Å². The first kappa shape index (κ1) is 23.2. The zero-order chi connectivity index (χ0) is 24.5. The molecule has 4 heterocycles. The van der Waals surface area contributed by atoms with Gasteiger partial charge in [-0.1, -0.05) is 18.8 Å². The van der Waals surface area contributed by atoms with E-state index >= 15 is 0 Å². The van der Waals surface area contributed by atoms with Crippen LogP contribution in [0.5, 0.6) is 0 Å². The van der Waals surface area contributed by atoms with Crippen LogP contribution >= 0.6 is 11.3 Å². The topological polar surface area (TPSA) is 84.5 Å². The highest BCUT2D eigenvalue weighted by atomic mass is 32.1. The fourth-order valence-corrected chi connectivity index (χ4v) is 5.31. The van der Waals surface area contributed by atoms with Crippen molar-refractivity contribution in [3.8, 4) is 45.2 Å². The Morgan fingerprint density at radius 3 is 2.21 bits per heavy atom. The fourth-order valence-electron chi connectivity index (χ4n) is 3.97. The molecule has 1 amide bonds. The van der Waals surface area contributed by atoms with Gasteiger partial charge in [0.15, 0.2) is 5.96 Å². The largest absolute Gasteiger partial charge is 0.369 e. The monoisotopic (exact) mass is 467 g/mol. The highest BCUT2D eigenvalue weighted by Gasteiger charge is 2.44. The average molecular weight is 468 g/mol. The number of carbonyl (C=O) groups excluding carboxylic acids is 1. The molecule has 0 bridgehead atoms. The van der Waals surface area contributed by atoms with E-state index in [1.54, 1.807) is 44.6 Å². The number of rotatable bonds is 3. The third-order valence-electron chi connectivity index (χ3n) is 6.05. The molecule has 7 heteroatoms. The molecule has 4 rings (SSSR count). The normalized spacial score (nSPS) is 19.6. The number of hydrogen-bond acceptors (Lipinski definition) is 6. The van der Waals surface area contributed by atoms with Crippen LogP contribution in [0.2, 0.25) is 0 Å². The second-order valence-corrected chi connectivity index (χ2v) is 9.32. The first-order valence-corrected chi connectivity index (χ1v) is 11.6. The second-order valence-electron chi connectivity index (χ2n) is 8.26. The van der Waals surface area contributed by atoms with Crippen molar-refractivity contribution < 1.29 is 4.79 Å². The first-order chi connectivity index (χ1) is 16.3. The van der Waals surface area contributed by atoms with Crippen LogP contribution in [-0.4, -0.2) is 33.8 Å². The smallest absolute Gasteiger partial charge is 0.234 e. The molecule has 170 valence electrons. The van der Waals surface area contributed by atoms with Gasteiger partial charge in [0.2, 0.25) is 5.91 Å². The number of thiophene rings is 1. The van der Waals surface area contributed by atoms with Crippen LogP contribution in [0.1, 0.15) is 43.7 Å². The van der Waals surface area contributed by atoms with Gasteiger partial charge in [-0.15, -0.1) is 23.2 Å². The lowest BCUT2D eigenvalue weighted by atomic mass is 9.83. The van der Waals surface area contributed by atoms with E-state index in [0.29, 0.717) is 0 Å². The number of guanidine groups is 1. The van der Waals surface area contributed by atoms with Gasteiger partial charge in [0.1, 0.15) is 5.54 Å². The van der Waals surface area contributed by atoms with Gasteiger partial charge in [0.05, 0.1) is 5.92 Å². The minimum Gasteiger partial charge on any atom is -0.369 e. The molecule has 0 saturated carbocycles. The number of hydrogen-bond donors (Lipinski definition) is 1. The van der Waals surface area contributed by atoms with Crippen LogP contribution in [0, 0.1) is 29.6 Å². The van der Waals surface area contributed by atoms with Crippen LogP contribution in [0.15, 0.2) is 48.0 Å². The van der Waals surface area contributed by atoms with Crippen molar-refractivity contribution in [1.29, 1.82) is 0 Å². The molecule has 6 nitrogen and oxygen atoms in total. The Morgan fingerprint density at radius 1 is 1.00 bits per heavy atom. The molecule has 2 N–H and O–H groups in total. The molecule has 1 aliphatic rings. The Morgan fingerprint density at radius 2 is 1.59 bits per heavy atom. The number of carbonyl (C=O) groups is 1. The lowest BCUT2D eigenvalue weighted by Gasteiger charge is -2.37. The Kier molecular flexibility index (Phi) is 6.24. The van der Waals surface area contributed by atoms with Crippen LogP contribution in [-0.2, 0) is 10.3 Å². The maximum absolute atomic E-state index is 12.9. The van der Waals surface area contributed by atoms with Gasteiger partial charge in [-0.05, 0) is 39.0 Å². The number of pyridine rings is 2. The fraction of sp³-hybridized carbons (Fsp3) is 0.259. The zero-order valence-electron chi connectivity index (χ0n) is 19.8. The predicted molar refractivity (Wildman–Crippen MR) is 137 cm³/mol. The van der Waals surface area contributed by atoms with E-state index in [9.17, 15) is 4.79 Å². The molecule has 0 fully saturated rings. The molecule has 3 aromatic heterocycles. The Balaban J connectivity index is 1.96. The van der Waals surface area contributed by atoms with Gasteiger partial charge < -0.3 is 5.73 Å². The Hall–Kier alpha value is -3.94. The average Bonchev–Trinajstić information content (AvgIpc) is 3.29. The lowest BCUT2D eigenvalue weighted by Crippen LogP contribution is -2.52. The quantitative estimate of drug-likeness (QED) is 0.584. The maximum Gasteiger partial charge on any atom is 0.234 e. The van der Waals surface area contributed by atoms with Crippen molar-refractivity contribution in [3.63, 3.8) is 0 Å². The molecular formula is C27H25N5OS. The van der Waals surface area contributed by atoms with Crippen LogP contribution in [0.4, 0.5) is 0 Å². The van der Waals surface area contributed by atoms with E-state index in [-0.39, 0.29) is 17.8 Å². The molecule has 2 atom stereocenters. The van der Waals surface area contributed by atoms with Crippen molar-refractivity contribution >= 4 is 23.2 Å². The van der Waals surface area contributed by atoms with Crippen molar-refractivity contribution in [2.45, 2.75) is 33.2 Å². The number of nitrogens with zero attached hydrogens (tertiary/aromatic N) is 4. The summed E-state index contributed by atoms with van der Waals surface area (Å²) in [5, 5.41) is 0. The van der Waals surface area contributed by atoms with Gasteiger partial charge in [0.25, 0.3) is 0 Å². The molecule has 0 spiro atoms. The third-order valence-corrected chi connectivity index (χ3v) is 7.46. The van der Waals surface area contributed by atoms with Crippen molar-refractivity contribution in [1.82, 2.24) is 14.9 Å². The standard InChI is InChI=1S/C27H25N5OS/c1-6-8-18-10-20(15-29-13-18)22-12-23(27(4)17(3)25(33)32(5)26(28)31-27)34-24(22)21-11-19(9-7-2)14-30-16-21/h10-17H,1-5H3,(H2,28,31)/t17-,27-/m0/s1. The molecule has 0 saturated heterocycles. The lowest BCUT2D eigenvalue weighted by molar-refractivity contribution is -0.133. The Bertz CT molecular complexity index is 1350. The summed E-state index contributed by atoms with van der Waals surface area (Å²) in [6.45, 7) is 7.46. The molecule has 3 aromatic rings. The summed E-state index contributed by atoms with van der Waals surface area (Å²) in [5.41, 5.74) is 9.84. The highest BCUT2D eigenvalue weighted by Crippen LogP contribution is 2.47. The van der Waals surface area contributed by atoms with Crippen molar-refractivity contribution in [2.24, 2.45) is 16.6 Å². The number of aliphatic imine (C=N–C) groups is 1. The first-order valence-electron chi connectivity index (χ1n) is 10.8. The molecule has 1 aliphatic heterocycles. The summed E-state index contributed by atoms with van der Waals surface area (Å²) in [6, 6.07) is 6.13. The van der Waals surface area contributed by atoms with Gasteiger partial charge in [0, 0.05) is 69.4 Å². The van der Waals surface area contributed by atoms with Gasteiger partial charge >= 0.3 is 0 Å². The number of nitrogens with two attached hydrogens (primary N) is 1. The van der Waals surface area contributed by atoms with E-state index in [0.717, 1.165) is 37.6 Å². The van der Waals surface area contributed by atoms with Gasteiger partial charge in [-0.25, -0.2) is 4.99 Å². The Labute approximate surface area is 204 Å². The highest BCUT2D eigenvalue weighted by molar-refractivity contribution is 7.16. The second kappa shape index (κ2) is 9.13. The molecule has 0 radical (unpaired) electrons. The summed E-state index contributed by atoms with van der Waals surface area (Å²) in [4.78, 5) is 29.8. The predicted octanol–water partition coefficient (Wildman–Crippen LogP) is 4.25. The van der Waals surface area contributed by atoms with Crippen molar-refractivity contribution in [3.05, 3.63) is 59.0 Å². The minimum atomic E-state index is -0.798. The van der Waals surface area contributed by atoms with Crippen LogP contribution in [0.25, 0.3) is 21.6 Å². The number of amides is 1. The third kappa shape index (κ3) is 4.07. The summed E-state index contributed by atoms with van der Waals surface area (Å²) in [5.74, 6) is 11.8. The van der Waals surface area contributed by atoms with E-state index < -0.39 is 5.54 Å². The minimum absolute atomic E-state index is 0.0599. The van der Waals surface area contributed by atoms with E-state index in [4.69, 9.17) is 10.7 Å². The summed E-state index contributed by atoms with van der Waals surface area (Å²) in [7, 11) is 1.65. The van der Waals surface area contributed by atoms with E-state index in [2.05, 4.69) is 39.7 Å². The van der Waals surface area contributed by atoms with E-state index in [1.807, 2.05) is 38.4 Å².